The van der Waals surface area contributed by atoms with E-state index in [9.17, 15) is 22.8 Å². The first-order chi connectivity index (χ1) is 12.7. The van der Waals surface area contributed by atoms with Gasteiger partial charge in [0, 0.05) is 18.8 Å². The number of hydrogen-bond acceptors (Lipinski definition) is 4. The second kappa shape index (κ2) is 6.86. The van der Waals surface area contributed by atoms with Gasteiger partial charge in [-0.05, 0) is 31.5 Å². The summed E-state index contributed by atoms with van der Waals surface area (Å²) in [5.74, 6) is -0.404. The van der Waals surface area contributed by atoms with Crippen LogP contribution >= 0.6 is 0 Å². The number of carbonyl (C=O) groups is 1. The molecule has 0 aliphatic heterocycles. The SMILES string of the molecule is CCNC(=O)c1c(C)ccc2nc(Cn3ccc(C(F)(F)F)n3)cc(=O)n12. The quantitative estimate of drug-likeness (QED) is 0.752. The summed E-state index contributed by atoms with van der Waals surface area (Å²) in [7, 11) is 0. The van der Waals surface area contributed by atoms with Crippen molar-refractivity contribution in [2.24, 2.45) is 0 Å². The lowest BCUT2D eigenvalue weighted by Gasteiger charge is -2.12. The first-order valence-electron chi connectivity index (χ1n) is 8.12. The van der Waals surface area contributed by atoms with Crippen LogP contribution in [0.2, 0.25) is 0 Å². The van der Waals surface area contributed by atoms with Crippen molar-refractivity contribution in [1.29, 1.82) is 0 Å². The number of pyridine rings is 1. The third kappa shape index (κ3) is 3.69. The van der Waals surface area contributed by atoms with Crippen LogP contribution in [0.3, 0.4) is 0 Å². The van der Waals surface area contributed by atoms with Crippen molar-refractivity contribution in [2.75, 3.05) is 6.54 Å². The number of carbonyl (C=O) groups excluding carboxylic acids is 1. The zero-order chi connectivity index (χ0) is 19.8. The van der Waals surface area contributed by atoms with Crippen LogP contribution in [-0.4, -0.2) is 31.6 Å². The van der Waals surface area contributed by atoms with Crippen molar-refractivity contribution in [3.63, 3.8) is 0 Å². The van der Waals surface area contributed by atoms with Crippen molar-refractivity contribution in [2.45, 2.75) is 26.6 Å². The molecule has 0 aliphatic rings. The number of aromatic nitrogens is 4. The predicted octanol–water partition coefficient (Wildman–Crippen LogP) is 2.02. The van der Waals surface area contributed by atoms with Gasteiger partial charge in [0.1, 0.15) is 11.3 Å². The van der Waals surface area contributed by atoms with E-state index in [1.54, 1.807) is 26.0 Å². The van der Waals surface area contributed by atoms with Crippen molar-refractivity contribution in [1.82, 2.24) is 24.5 Å². The van der Waals surface area contributed by atoms with E-state index in [4.69, 9.17) is 0 Å². The molecule has 3 aromatic rings. The van der Waals surface area contributed by atoms with Gasteiger partial charge in [0.15, 0.2) is 5.69 Å². The number of rotatable bonds is 4. The van der Waals surface area contributed by atoms with Gasteiger partial charge in [0.05, 0.1) is 12.2 Å². The van der Waals surface area contributed by atoms with E-state index < -0.39 is 23.3 Å². The Balaban J connectivity index is 2.03. The van der Waals surface area contributed by atoms with Crippen molar-refractivity contribution in [3.05, 3.63) is 63.5 Å². The van der Waals surface area contributed by atoms with Gasteiger partial charge in [-0.3, -0.25) is 18.7 Å². The zero-order valence-electron chi connectivity index (χ0n) is 14.5. The maximum atomic E-state index is 12.7. The molecule has 27 heavy (non-hydrogen) atoms. The number of fused-ring (bicyclic) bond motifs is 1. The highest BCUT2D eigenvalue weighted by atomic mass is 19.4. The van der Waals surface area contributed by atoms with Crippen LogP contribution in [0.1, 0.15) is 34.4 Å². The fraction of sp³-hybridized carbons (Fsp3) is 0.294. The minimum atomic E-state index is -4.54. The molecule has 0 saturated heterocycles. The highest BCUT2D eigenvalue weighted by Crippen LogP contribution is 2.27. The summed E-state index contributed by atoms with van der Waals surface area (Å²) in [5, 5.41) is 6.10. The Kier molecular flexibility index (Phi) is 4.73. The van der Waals surface area contributed by atoms with E-state index in [1.165, 1.54) is 16.7 Å². The maximum Gasteiger partial charge on any atom is 0.435 e. The highest BCUT2D eigenvalue weighted by molar-refractivity contribution is 5.94. The van der Waals surface area contributed by atoms with Gasteiger partial charge in [0.2, 0.25) is 0 Å². The Morgan fingerprint density at radius 3 is 2.63 bits per heavy atom. The van der Waals surface area contributed by atoms with Crippen LogP contribution in [0, 0.1) is 6.92 Å². The molecule has 3 rings (SSSR count). The number of hydrogen-bond donors (Lipinski definition) is 1. The van der Waals surface area contributed by atoms with Gasteiger partial charge in [-0.1, -0.05) is 6.07 Å². The topological polar surface area (TPSA) is 81.3 Å². The summed E-state index contributed by atoms with van der Waals surface area (Å²) in [5.41, 5.74) is -0.267. The Morgan fingerprint density at radius 1 is 1.26 bits per heavy atom. The van der Waals surface area contributed by atoms with E-state index in [2.05, 4.69) is 15.4 Å². The van der Waals surface area contributed by atoms with Crippen molar-refractivity contribution < 1.29 is 18.0 Å². The molecule has 10 heteroatoms. The fourth-order valence-corrected chi connectivity index (χ4v) is 2.71. The van der Waals surface area contributed by atoms with Crippen LogP contribution in [0.25, 0.3) is 5.65 Å². The van der Waals surface area contributed by atoms with E-state index in [1.807, 2.05) is 0 Å². The summed E-state index contributed by atoms with van der Waals surface area (Å²) in [6.07, 6.45) is -3.37. The van der Waals surface area contributed by atoms with Crippen LogP contribution in [0.15, 0.2) is 35.3 Å². The van der Waals surface area contributed by atoms with E-state index >= 15 is 0 Å². The third-order valence-electron chi connectivity index (χ3n) is 3.88. The van der Waals surface area contributed by atoms with Gasteiger partial charge < -0.3 is 5.32 Å². The minimum Gasteiger partial charge on any atom is -0.351 e. The van der Waals surface area contributed by atoms with Crippen LogP contribution in [-0.2, 0) is 12.7 Å². The Bertz CT molecular complexity index is 1070. The minimum absolute atomic E-state index is 0.105. The summed E-state index contributed by atoms with van der Waals surface area (Å²) < 4.78 is 40.2. The lowest BCUT2D eigenvalue weighted by molar-refractivity contribution is -0.141. The van der Waals surface area contributed by atoms with E-state index in [0.717, 1.165) is 10.7 Å². The first-order valence-corrected chi connectivity index (χ1v) is 8.12. The highest BCUT2D eigenvalue weighted by Gasteiger charge is 2.33. The molecule has 0 aliphatic carbocycles. The molecule has 0 atom stereocenters. The molecule has 0 saturated carbocycles. The summed E-state index contributed by atoms with van der Waals surface area (Å²) in [6.45, 7) is 3.76. The molecule has 3 aromatic heterocycles. The number of halogens is 3. The van der Waals surface area contributed by atoms with Gasteiger partial charge in [-0.2, -0.15) is 18.3 Å². The monoisotopic (exact) mass is 379 g/mol. The lowest BCUT2D eigenvalue weighted by Crippen LogP contribution is -2.30. The number of nitrogens with one attached hydrogen (secondary N) is 1. The maximum absolute atomic E-state index is 12.7. The molecule has 7 nitrogen and oxygen atoms in total. The van der Waals surface area contributed by atoms with Crippen LogP contribution in [0.5, 0.6) is 0 Å². The van der Waals surface area contributed by atoms with Crippen LogP contribution in [0.4, 0.5) is 13.2 Å². The van der Waals surface area contributed by atoms with Gasteiger partial charge >= 0.3 is 6.18 Å². The number of amides is 1. The van der Waals surface area contributed by atoms with Crippen LogP contribution < -0.4 is 10.9 Å². The summed E-state index contributed by atoms with van der Waals surface area (Å²) in [4.78, 5) is 29.1. The molecule has 0 spiro atoms. The van der Waals surface area contributed by atoms with Crippen molar-refractivity contribution >= 4 is 11.6 Å². The standard InChI is InChI=1S/C17H16F3N5O2/c1-3-21-16(27)15-10(2)4-5-13-22-11(8-14(26)25(13)15)9-24-7-6-12(23-24)17(18,19)20/h4-8H,3,9H2,1-2H3,(H,21,27). The molecular formula is C17H16F3N5O2. The largest absolute Gasteiger partial charge is 0.435 e. The second-order valence-electron chi connectivity index (χ2n) is 5.90. The summed E-state index contributed by atoms with van der Waals surface area (Å²) in [6, 6.07) is 5.27. The Labute approximate surface area is 151 Å². The van der Waals surface area contributed by atoms with Crippen molar-refractivity contribution in [3.8, 4) is 0 Å². The smallest absolute Gasteiger partial charge is 0.351 e. The fourth-order valence-electron chi connectivity index (χ4n) is 2.71. The van der Waals surface area contributed by atoms with Gasteiger partial charge in [-0.15, -0.1) is 0 Å². The average molecular weight is 379 g/mol. The van der Waals surface area contributed by atoms with E-state index in [-0.39, 0.29) is 23.6 Å². The number of aryl methyl sites for hydroxylation is 1. The van der Waals surface area contributed by atoms with E-state index in [0.29, 0.717) is 12.1 Å². The Morgan fingerprint density at radius 2 is 2.00 bits per heavy atom. The molecule has 1 N–H and O–H groups in total. The summed E-state index contributed by atoms with van der Waals surface area (Å²) >= 11 is 0. The molecular weight excluding hydrogens is 363 g/mol. The predicted molar refractivity (Wildman–Crippen MR) is 90.5 cm³/mol. The molecule has 0 radical (unpaired) electrons. The molecule has 0 unspecified atom stereocenters. The zero-order valence-corrected chi connectivity index (χ0v) is 14.5. The first kappa shape index (κ1) is 18.6. The molecule has 3 heterocycles. The van der Waals surface area contributed by atoms with Gasteiger partial charge in [-0.25, -0.2) is 4.98 Å². The molecule has 0 aromatic carbocycles. The molecule has 1 amide bonds. The number of alkyl halides is 3. The average Bonchev–Trinajstić information content (AvgIpc) is 3.04. The lowest BCUT2D eigenvalue weighted by atomic mass is 10.2. The molecule has 142 valence electrons. The normalized spacial score (nSPS) is 11.7. The second-order valence-corrected chi connectivity index (χ2v) is 5.90. The van der Waals surface area contributed by atoms with Gasteiger partial charge in [0.25, 0.3) is 11.5 Å². The Hall–Kier alpha value is -3.17. The number of nitrogens with zero attached hydrogens (tertiary/aromatic N) is 4. The third-order valence-corrected chi connectivity index (χ3v) is 3.88. The molecule has 0 fully saturated rings. The molecule has 0 bridgehead atoms.